The van der Waals surface area contributed by atoms with E-state index in [1.54, 1.807) is 38.2 Å². The van der Waals surface area contributed by atoms with Gasteiger partial charge in [-0.05, 0) is 40.2 Å². The average Bonchev–Trinajstić information content (AvgIpc) is 2.80. The number of carbonyl (C=O) groups is 4. The minimum Gasteiger partial charge on any atom is -0.461 e. The van der Waals surface area contributed by atoms with E-state index in [1.165, 1.54) is 26.8 Å². The van der Waals surface area contributed by atoms with E-state index in [9.17, 15) is 29.4 Å². The minimum atomic E-state index is -1.77. The first kappa shape index (κ1) is 29.2. The molecule has 7 atom stereocenters. The van der Waals surface area contributed by atoms with Crippen molar-refractivity contribution in [2.24, 2.45) is 11.3 Å². The Balaban J connectivity index is 2.60. The molecule has 0 radical (unpaired) electrons. The molecule has 0 saturated carbocycles. The molecule has 1 amide bonds. The van der Waals surface area contributed by atoms with Crippen LogP contribution in [0.3, 0.4) is 0 Å². The maximum atomic E-state index is 13.7. The van der Waals surface area contributed by atoms with Crippen LogP contribution in [0.5, 0.6) is 0 Å². The van der Waals surface area contributed by atoms with Gasteiger partial charge in [0.1, 0.15) is 23.7 Å². The quantitative estimate of drug-likeness (QED) is 0.393. The topological polar surface area (TPSA) is 139 Å². The molecule has 3 rings (SSSR count). The summed E-state index contributed by atoms with van der Waals surface area (Å²) in [7, 11) is 0. The number of hydrogen-bond acceptors (Lipinski definition) is 8. The molecule has 2 bridgehead atoms. The van der Waals surface area contributed by atoms with E-state index in [1.807, 2.05) is 13.0 Å². The first-order chi connectivity index (χ1) is 16.7. The molecule has 0 spiro atoms. The lowest BCUT2D eigenvalue weighted by Crippen LogP contribution is -2.62. The van der Waals surface area contributed by atoms with E-state index in [2.05, 4.69) is 5.32 Å². The number of ether oxygens (including phenoxy) is 2. The maximum absolute atomic E-state index is 13.7. The van der Waals surface area contributed by atoms with Gasteiger partial charge in [0.25, 0.3) is 0 Å². The predicted octanol–water partition coefficient (Wildman–Crippen LogP) is 2.08. The Labute approximate surface area is 211 Å². The highest BCUT2D eigenvalue weighted by atomic mass is 16.6. The van der Waals surface area contributed by atoms with Gasteiger partial charge < -0.3 is 25.0 Å². The van der Waals surface area contributed by atoms with Crippen LogP contribution in [0.15, 0.2) is 47.6 Å². The summed E-state index contributed by atoms with van der Waals surface area (Å²) >= 11 is 0. The average molecular weight is 504 g/mol. The molecule has 3 aliphatic rings. The molecule has 1 fully saturated rings. The molecule has 3 N–H and O–H groups in total. The second-order valence-corrected chi connectivity index (χ2v) is 9.72. The van der Waals surface area contributed by atoms with Crippen LogP contribution < -0.4 is 5.32 Å². The first-order valence-electron chi connectivity index (χ1n) is 12.1. The van der Waals surface area contributed by atoms with Gasteiger partial charge in [0, 0.05) is 13.3 Å². The summed E-state index contributed by atoms with van der Waals surface area (Å²) in [5, 5.41) is 22.7. The number of fused-ring (bicyclic) bond motifs is 10. The van der Waals surface area contributed by atoms with Crippen LogP contribution in [0.4, 0.5) is 0 Å². The number of Topliss-reactive ketones (excluding diaryl/α,β-unsaturated/α-hetero) is 1. The minimum absolute atomic E-state index is 0.0713. The lowest BCUT2D eigenvalue weighted by Gasteiger charge is -2.42. The third-order valence-corrected chi connectivity index (χ3v) is 6.51. The van der Waals surface area contributed by atoms with Crippen molar-refractivity contribution >= 4 is 23.6 Å². The highest BCUT2D eigenvalue weighted by Gasteiger charge is 2.56. The number of ketones is 1. The number of carbonyl (C=O) groups excluding carboxylic acids is 4. The maximum Gasteiger partial charge on any atom is 0.322 e. The third kappa shape index (κ3) is 7.24. The van der Waals surface area contributed by atoms with Crippen LogP contribution in [0.1, 0.15) is 54.4 Å². The number of nitrogens with one attached hydrogen (secondary N) is 1. The van der Waals surface area contributed by atoms with Gasteiger partial charge in [0.15, 0.2) is 5.78 Å². The molecule has 198 valence electrons. The molecule has 9 heteroatoms. The lowest BCUT2D eigenvalue weighted by atomic mass is 9.69. The van der Waals surface area contributed by atoms with E-state index in [4.69, 9.17) is 9.47 Å². The zero-order valence-corrected chi connectivity index (χ0v) is 21.7. The van der Waals surface area contributed by atoms with Crippen LogP contribution in [-0.4, -0.2) is 64.3 Å². The number of aliphatic hydroxyl groups excluding tert-OH is 2. The summed E-state index contributed by atoms with van der Waals surface area (Å²) in [6.45, 7) is 9.13. The smallest absolute Gasteiger partial charge is 0.322 e. The van der Waals surface area contributed by atoms with Crippen molar-refractivity contribution in [2.75, 3.05) is 0 Å². The monoisotopic (exact) mass is 503 g/mol. The van der Waals surface area contributed by atoms with Crippen LogP contribution in [0.2, 0.25) is 0 Å². The molecule has 1 aliphatic carbocycles. The SMILES string of the molecule is CC(=O)OC1C=CC(C)=CCC(O)C=CC(C)=CC(NC(=O)C(C)O)C2(C)C(=O)OC(C1)C(C)C2=O. The second-order valence-electron chi connectivity index (χ2n) is 9.72. The van der Waals surface area contributed by atoms with Gasteiger partial charge in [0.05, 0.1) is 18.1 Å². The van der Waals surface area contributed by atoms with Crippen molar-refractivity contribution in [2.45, 2.75) is 84.8 Å². The van der Waals surface area contributed by atoms with E-state index in [-0.39, 0.29) is 6.42 Å². The van der Waals surface area contributed by atoms with Gasteiger partial charge in [-0.25, -0.2) is 0 Å². The fourth-order valence-corrected chi connectivity index (χ4v) is 4.17. The van der Waals surface area contributed by atoms with Gasteiger partial charge in [-0.2, -0.15) is 0 Å². The summed E-state index contributed by atoms with van der Waals surface area (Å²) in [5.74, 6) is -3.31. The zero-order valence-electron chi connectivity index (χ0n) is 21.7. The molecular weight excluding hydrogens is 466 g/mol. The van der Waals surface area contributed by atoms with Gasteiger partial charge in [-0.3, -0.25) is 19.2 Å². The van der Waals surface area contributed by atoms with Crippen LogP contribution in [0.25, 0.3) is 0 Å². The number of amides is 1. The van der Waals surface area contributed by atoms with Crippen molar-refractivity contribution < 1.29 is 38.9 Å². The molecular formula is C27H37NO8. The zero-order chi connectivity index (χ0) is 27.2. The Bertz CT molecular complexity index is 992. The number of hydrogen-bond donors (Lipinski definition) is 3. The molecule has 0 aromatic rings. The Morgan fingerprint density at radius 1 is 1.19 bits per heavy atom. The van der Waals surface area contributed by atoms with Gasteiger partial charge in [-0.1, -0.05) is 48.5 Å². The Morgan fingerprint density at radius 2 is 1.83 bits per heavy atom. The van der Waals surface area contributed by atoms with Gasteiger partial charge >= 0.3 is 11.9 Å². The normalized spacial score (nSPS) is 32.6. The summed E-state index contributed by atoms with van der Waals surface area (Å²) < 4.78 is 11.1. The third-order valence-electron chi connectivity index (χ3n) is 6.51. The fourth-order valence-electron chi connectivity index (χ4n) is 4.17. The van der Waals surface area contributed by atoms with Crippen molar-refractivity contribution in [1.29, 1.82) is 0 Å². The summed E-state index contributed by atoms with van der Waals surface area (Å²) in [5.41, 5.74) is -0.358. The Kier molecular flexibility index (Phi) is 9.95. The van der Waals surface area contributed by atoms with Crippen LogP contribution in [-0.2, 0) is 28.7 Å². The van der Waals surface area contributed by atoms with E-state index < -0.39 is 65.4 Å². The highest BCUT2D eigenvalue weighted by Crippen LogP contribution is 2.38. The largest absolute Gasteiger partial charge is 0.461 e. The van der Waals surface area contributed by atoms with Crippen LogP contribution in [0, 0.1) is 11.3 Å². The van der Waals surface area contributed by atoms with E-state index in [0.29, 0.717) is 12.0 Å². The Hall–Kier alpha value is -3.04. The molecule has 1 saturated heterocycles. The van der Waals surface area contributed by atoms with E-state index >= 15 is 0 Å². The number of allylic oxidation sites excluding steroid dienone is 4. The van der Waals surface area contributed by atoms with Gasteiger partial charge in [0.2, 0.25) is 5.91 Å². The standard InChI is InChI=1S/C27H37NO8/c1-15-7-10-20(31)11-8-16(2)13-23(28-25(33)18(4)29)27(6)24(32)17(3)22(36-26(27)34)14-21(12-9-15)35-19(5)30/h7-9,11-13,17-18,20-23,29,31H,10,14H2,1-6H3,(H,28,33). The van der Waals surface area contributed by atoms with Crippen molar-refractivity contribution in [1.82, 2.24) is 5.32 Å². The summed E-state index contributed by atoms with van der Waals surface area (Å²) in [6.07, 6.45) is 6.59. The fraction of sp³-hybridized carbons (Fsp3) is 0.556. The van der Waals surface area contributed by atoms with Crippen molar-refractivity contribution in [3.63, 3.8) is 0 Å². The molecule has 2 heterocycles. The Morgan fingerprint density at radius 3 is 2.44 bits per heavy atom. The molecule has 9 nitrogen and oxygen atoms in total. The lowest BCUT2D eigenvalue weighted by molar-refractivity contribution is -0.182. The summed E-state index contributed by atoms with van der Waals surface area (Å²) in [6, 6.07) is -1.12. The first-order valence-corrected chi connectivity index (χ1v) is 12.1. The van der Waals surface area contributed by atoms with Crippen molar-refractivity contribution in [3.8, 4) is 0 Å². The number of esters is 2. The van der Waals surface area contributed by atoms with E-state index in [0.717, 1.165) is 5.57 Å². The molecule has 0 aromatic carbocycles. The second kappa shape index (κ2) is 12.3. The molecule has 36 heavy (non-hydrogen) atoms. The number of aliphatic hydroxyl groups is 2. The summed E-state index contributed by atoms with van der Waals surface area (Å²) in [4.78, 5) is 51.0. The predicted molar refractivity (Wildman–Crippen MR) is 132 cm³/mol. The van der Waals surface area contributed by atoms with Gasteiger partial charge in [-0.15, -0.1) is 0 Å². The molecule has 7 unspecified atom stereocenters. The van der Waals surface area contributed by atoms with Crippen molar-refractivity contribution in [3.05, 3.63) is 47.6 Å². The number of rotatable bonds is 3. The van der Waals surface area contributed by atoms with Crippen LogP contribution >= 0.6 is 0 Å². The highest BCUT2D eigenvalue weighted by molar-refractivity contribution is 6.08. The molecule has 0 aromatic heterocycles. The molecule has 2 aliphatic heterocycles.